The van der Waals surface area contributed by atoms with Gasteiger partial charge in [-0.3, -0.25) is 0 Å². The van der Waals surface area contributed by atoms with Crippen molar-refractivity contribution in [2.45, 2.75) is 19.0 Å². The van der Waals surface area contributed by atoms with E-state index in [1.807, 2.05) is 17.5 Å². The maximum absolute atomic E-state index is 11.8. The summed E-state index contributed by atoms with van der Waals surface area (Å²) in [6, 6.07) is 2.49. The van der Waals surface area contributed by atoms with Crippen LogP contribution in [0.4, 0.5) is 4.79 Å². The molecule has 0 saturated carbocycles. The minimum Gasteiger partial charge on any atom is -0.480 e. The Morgan fingerprint density at radius 3 is 2.89 bits per heavy atom. The Balaban J connectivity index is 2.52. The lowest BCUT2D eigenvalue weighted by Crippen LogP contribution is -2.46. The van der Waals surface area contributed by atoms with Gasteiger partial charge in [-0.05, 0) is 17.9 Å². The highest BCUT2D eigenvalue weighted by atomic mass is 32.1. The number of carbonyl (C=O) groups is 2. The highest BCUT2D eigenvalue weighted by Crippen LogP contribution is 2.10. The van der Waals surface area contributed by atoms with Gasteiger partial charge in [0.25, 0.3) is 0 Å². The average Bonchev–Trinajstić information content (AvgIpc) is 2.80. The molecule has 1 aromatic rings. The molecule has 1 heterocycles. The molecule has 0 spiro atoms. The first-order chi connectivity index (χ1) is 8.54. The molecular weight excluding hydrogens is 252 g/mol. The van der Waals surface area contributed by atoms with Crippen molar-refractivity contribution in [1.29, 1.82) is 0 Å². The van der Waals surface area contributed by atoms with Gasteiger partial charge >= 0.3 is 12.0 Å². The van der Waals surface area contributed by atoms with Crippen LogP contribution in [0.5, 0.6) is 0 Å². The number of nitrogens with zero attached hydrogens (tertiary/aromatic N) is 1. The third-order valence-corrected chi connectivity index (χ3v) is 3.18. The molecule has 18 heavy (non-hydrogen) atoms. The number of aliphatic carboxylic acids is 1. The summed E-state index contributed by atoms with van der Waals surface area (Å²) < 4.78 is 0. The van der Waals surface area contributed by atoms with Crippen LogP contribution in [0.15, 0.2) is 30.2 Å². The summed E-state index contributed by atoms with van der Waals surface area (Å²) in [6.45, 7) is 3.93. The maximum Gasteiger partial charge on any atom is 0.326 e. The lowest BCUT2D eigenvalue weighted by atomic mass is 10.2. The maximum atomic E-state index is 11.8. The fraction of sp³-hybridized carbons (Fsp3) is 0.333. The van der Waals surface area contributed by atoms with E-state index in [0.717, 1.165) is 4.88 Å². The van der Waals surface area contributed by atoms with E-state index >= 15 is 0 Å². The minimum absolute atomic E-state index is 0.202. The molecule has 0 bridgehead atoms. The van der Waals surface area contributed by atoms with Crippen LogP contribution >= 0.6 is 11.3 Å². The number of hydrogen-bond acceptors (Lipinski definition) is 3. The van der Waals surface area contributed by atoms with Crippen molar-refractivity contribution in [2.75, 3.05) is 7.05 Å². The Hall–Kier alpha value is -1.82. The zero-order valence-electron chi connectivity index (χ0n) is 10.1. The number of thiophene rings is 1. The number of carboxylic acid groups (broad SMARTS) is 1. The quantitative estimate of drug-likeness (QED) is 0.774. The lowest BCUT2D eigenvalue weighted by Gasteiger charge is -2.20. The van der Waals surface area contributed by atoms with Crippen LogP contribution in [-0.2, 0) is 11.3 Å². The molecule has 5 nitrogen and oxygen atoms in total. The Labute approximate surface area is 110 Å². The first kappa shape index (κ1) is 14.2. The van der Waals surface area contributed by atoms with Gasteiger partial charge in [0.05, 0.1) is 6.54 Å². The van der Waals surface area contributed by atoms with Gasteiger partial charge in [-0.15, -0.1) is 17.9 Å². The highest BCUT2D eigenvalue weighted by Gasteiger charge is 2.20. The topological polar surface area (TPSA) is 69.6 Å². The Kier molecular flexibility index (Phi) is 5.38. The van der Waals surface area contributed by atoms with Crippen LogP contribution < -0.4 is 5.32 Å². The summed E-state index contributed by atoms with van der Waals surface area (Å²) in [6.07, 6.45) is 1.67. The van der Waals surface area contributed by atoms with Crippen molar-refractivity contribution in [1.82, 2.24) is 10.2 Å². The van der Waals surface area contributed by atoms with Crippen LogP contribution in [0.1, 0.15) is 11.3 Å². The molecule has 2 amide bonds. The predicted molar refractivity (Wildman–Crippen MR) is 70.6 cm³/mol. The fourth-order valence-electron chi connectivity index (χ4n) is 1.36. The first-order valence-electron chi connectivity index (χ1n) is 5.42. The Bertz CT molecular complexity index is 417. The second kappa shape index (κ2) is 6.80. The third-order valence-electron chi connectivity index (χ3n) is 2.32. The zero-order chi connectivity index (χ0) is 13.5. The number of carboxylic acids is 1. The molecule has 0 aliphatic heterocycles. The van der Waals surface area contributed by atoms with Crippen LogP contribution in [-0.4, -0.2) is 35.1 Å². The first-order valence-corrected chi connectivity index (χ1v) is 6.30. The highest BCUT2D eigenvalue weighted by molar-refractivity contribution is 7.09. The van der Waals surface area contributed by atoms with Gasteiger partial charge in [0.15, 0.2) is 0 Å². The molecule has 0 fully saturated rings. The number of amides is 2. The SMILES string of the molecule is C=CCC(NC(=O)N(C)Cc1cccs1)C(=O)O. The van der Waals surface area contributed by atoms with Crippen LogP contribution in [0.2, 0.25) is 0 Å². The van der Waals surface area contributed by atoms with Crippen molar-refractivity contribution in [3.8, 4) is 0 Å². The molecule has 98 valence electrons. The molecule has 0 radical (unpaired) electrons. The van der Waals surface area contributed by atoms with E-state index < -0.39 is 18.0 Å². The molecule has 1 atom stereocenters. The molecule has 1 aromatic heterocycles. The van der Waals surface area contributed by atoms with E-state index in [9.17, 15) is 9.59 Å². The summed E-state index contributed by atoms with van der Waals surface area (Å²) in [4.78, 5) is 25.2. The largest absolute Gasteiger partial charge is 0.480 e. The van der Waals surface area contributed by atoms with Crippen molar-refractivity contribution in [2.24, 2.45) is 0 Å². The second-order valence-electron chi connectivity index (χ2n) is 3.80. The van der Waals surface area contributed by atoms with Gasteiger partial charge in [-0.1, -0.05) is 12.1 Å². The zero-order valence-corrected chi connectivity index (χ0v) is 10.9. The summed E-state index contributed by atoms with van der Waals surface area (Å²) in [5, 5.41) is 13.3. The van der Waals surface area contributed by atoms with Crippen molar-refractivity contribution in [3.05, 3.63) is 35.0 Å². The van der Waals surface area contributed by atoms with E-state index in [4.69, 9.17) is 5.11 Å². The van der Waals surface area contributed by atoms with E-state index in [1.54, 1.807) is 18.4 Å². The lowest BCUT2D eigenvalue weighted by molar-refractivity contribution is -0.139. The van der Waals surface area contributed by atoms with Crippen LogP contribution in [0.25, 0.3) is 0 Å². The van der Waals surface area contributed by atoms with Gasteiger partial charge in [0, 0.05) is 11.9 Å². The number of nitrogens with one attached hydrogen (secondary N) is 1. The number of hydrogen-bond donors (Lipinski definition) is 2. The van der Waals surface area contributed by atoms with Crippen molar-refractivity contribution < 1.29 is 14.7 Å². The summed E-state index contributed by atoms with van der Waals surface area (Å²) >= 11 is 1.55. The fourth-order valence-corrected chi connectivity index (χ4v) is 2.11. The van der Waals surface area contributed by atoms with Gasteiger partial charge in [0.2, 0.25) is 0 Å². The molecule has 0 saturated heterocycles. The number of carbonyl (C=O) groups excluding carboxylic acids is 1. The molecule has 2 N–H and O–H groups in total. The third kappa shape index (κ3) is 4.21. The van der Waals surface area contributed by atoms with Gasteiger partial charge in [0.1, 0.15) is 6.04 Å². The molecule has 1 unspecified atom stereocenters. The molecule has 0 aromatic carbocycles. The van der Waals surface area contributed by atoms with Crippen LogP contribution in [0, 0.1) is 0 Å². The Morgan fingerprint density at radius 1 is 1.67 bits per heavy atom. The van der Waals surface area contributed by atoms with E-state index in [1.165, 1.54) is 11.0 Å². The predicted octanol–water partition coefficient (Wildman–Crippen LogP) is 1.92. The standard InChI is InChI=1S/C12H16N2O3S/c1-3-5-10(11(15)16)13-12(17)14(2)8-9-6-4-7-18-9/h3-4,6-7,10H,1,5,8H2,2H3,(H,13,17)(H,15,16). The molecular formula is C12H16N2O3S. The van der Waals surface area contributed by atoms with Gasteiger partial charge in [-0.2, -0.15) is 0 Å². The monoisotopic (exact) mass is 268 g/mol. The van der Waals surface area contributed by atoms with E-state index in [0.29, 0.717) is 6.54 Å². The van der Waals surface area contributed by atoms with Crippen molar-refractivity contribution in [3.63, 3.8) is 0 Å². The normalized spacial score (nSPS) is 11.6. The summed E-state index contributed by atoms with van der Waals surface area (Å²) in [5.41, 5.74) is 0. The van der Waals surface area contributed by atoms with E-state index in [-0.39, 0.29) is 6.42 Å². The second-order valence-corrected chi connectivity index (χ2v) is 4.83. The Morgan fingerprint density at radius 2 is 2.39 bits per heavy atom. The number of rotatable bonds is 6. The van der Waals surface area contributed by atoms with Gasteiger partial charge < -0.3 is 15.3 Å². The number of urea groups is 1. The summed E-state index contributed by atoms with van der Waals surface area (Å²) in [7, 11) is 1.63. The summed E-state index contributed by atoms with van der Waals surface area (Å²) in [5.74, 6) is -1.06. The van der Waals surface area contributed by atoms with Gasteiger partial charge in [-0.25, -0.2) is 9.59 Å². The minimum atomic E-state index is -1.06. The van der Waals surface area contributed by atoms with Crippen molar-refractivity contribution >= 4 is 23.3 Å². The molecule has 1 rings (SSSR count). The van der Waals surface area contributed by atoms with Crippen LogP contribution in [0.3, 0.4) is 0 Å². The smallest absolute Gasteiger partial charge is 0.326 e. The average molecular weight is 268 g/mol. The molecule has 6 heteroatoms. The van der Waals surface area contributed by atoms with E-state index in [2.05, 4.69) is 11.9 Å². The molecule has 0 aliphatic rings. The molecule has 0 aliphatic carbocycles.